The average Bonchev–Trinajstić information content (AvgIpc) is 3.13. The lowest BCUT2D eigenvalue weighted by atomic mass is 10.2. The summed E-state index contributed by atoms with van der Waals surface area (Å²) >= 11 is 0. The standard InChI is InChI=1S/C18H25N5O2/c1-13-11-22(12-14(2)25-13)17-6-5-16(9-19-17)10-20-18(24)15(3)23-8-4-7-21-23/h4-9,13-15H,10-12H2,1-3H3,(H,20,24). The molecule has 2 aromatic rings. The molecule has 0 bridgehead atoms. The van der Waals surface area contributed by atoms with Gasteiger partial charge >= 0.3 is 0 Å². The zero-order valence-electron chi connectivity index (χ0n) is 14.9. The van der Waals surface area contributed by atoms with E-state index in [0.29, 0.717) is 6.54 Å². The second-order valence-electron chi connectivity index (χ2n) is 6.57. The Hall–Kier alpha value is -2.41. The van der Waals surface area contributed by atoms with E-state index >= 15 is 0 Å². The quantitative estimate of drug-likeness (QED) is 0.896. The summed E-state index contributed by atoms with van der Waals surface area (Å²) in [5, 5.41) is 7.02. The van der Waals surface area contributed by atoms with E-state index in [-0.39, 0.29) is 24.2 Å². The lowest BCUT2D eigenvalue weighted by molar-refractivity contribution is -0.124. The summed E-state index contributed by atoms with van der Waals surface area (Å²) in [5.41, 5.74) is 0.971. The van der Waals surface area contributed by atoms with Gasteiger partial charge in [-0.3, -0.25) is 9.48 Å². The topological polar surface area (TPSA) is 72.3 Å². The molecule has 1 aliphatic heterocycles. The van der Waals surface area contributed by atoms with Crippen LogP contribution in [0.1, 0.15) is 32.4 Å². The molecule has 0 aromatic carbocycles. The van der Waals surface area contributed by atoms with Crippen molar-refractivity contribution in [2.45, 2.75) is 45.6 Å². The lowest BCUT2D eigenvalue weighted by Crippen LogP contribution is -2.45. The first-order chi connectivity index (χ1) is 12.0. The summed E-state index contributed by atoms with van der Waals surface area (Å²) < 4.78 is 7.39. The highest BCUT2D eigenvalue weighted by Gasteiger charge is 2.23. The predicted octanol–water partition coefficient (Wildman–Crippen LogP) is 1.77. The van der Waals surface area contributed by atoms with Crippen molar-refractivity contribution in [2.24, 2.45) is 0 Å². The monoisotopic (exact) mass is 343 g/mol. The molecule has 1 N–H and O–H groups in total. The van der Waals surface area contributed by atoms with E-state index in [2.05, 4.69) is 34.1 Å². The normalized spacial score (nSPS) is 21.8. The SMILES string of the molecule is CC1CN(c2ccc(CNC(=O)C(C)n3cccn3)cn2)CC(C)O1. The second kappa shape index (κ2) is 7.65. The van der Waals surface area contributed by atoms with E-state index in [1.807, 2.05) is 25.3 Å². The highest BCUT2D eigenvalue weighted by Crippen LogP contribution is 2.18. The van der Waals surface area contributed by atoms with Crippen LogP contribution in [0, 0.1) is 0 Å². The minimum absolute atomic E-state index is 0.0661. The Morgan fingerprint density at radius 2 is 2.12 bits per heavy atom. The third-order valence-electron chi connectivity index (χ3n) is 4.32. The first-order valence-electron chi connectivity index (χ1n) is 8.65. The molecule has 1 aliphatic rings. The van der Waals surface area contributed by atoms with Gasteiger partial charge in [0.1, 0.15) is 11.9 Å². The molecule has 3 heterocycles. The number of hydrogen-bond donors (Lipinski definition) is 1. The van der Waals surface area contributed by atoms with Gasteiger partial charge in [0.05, 0.1) is 12.2 Å². The molecule has 0 radical (unpaired) electrons. The Morgan fingerprint density at radius 1 is 1.36 bits per heavy atom. The molecule has 7 heteroatoms. The zero-order valence-corrected chi connectivity index (χ0v) is 14.9. The van der Waals surface area contributed by atoms with Gasteiger partial charge in [0, 0.05) is 38.2 Å². The van der Waals surface area contributed by atoms with Crippen LogP contribution in [-0.4, -0.2) is 46.0 Å². The summed E-state index contributed by atoms with van der Waals surface area (Å²) in [5.74, 6) is 0.880. The number of anilines is 1. The molecule has 3 atom stereocenters. The maximum absolute atomic E-state index is 12.2. The van der Waals surface area contributed by atoms with Crippen LogP contribution >= 0.6 is 0 Å². The van der Waals surface area contributed by atoms with Crippen molar-refractivity contribution in [1.29, 1.82) is 0 Å². The number of hydrogen-bond acceptors (Lipinski definition) is 5. The number of morpholine rings is 1. The van der Waals surface area contributed by atoms with Gasteiger partial charge in [-0.05, 0) is 38.5 Å². The van der Waals surface area contributed by atoms with E-state index < -0.39 is 0 Å². The maximum atomic E-state index is 12.2. The molecule has 25 heavy (non-hydrogen) atoms. The van der Waals surface area contributed by atoms with E-state index in [1.165, 1.54) is 0 Å². The molecule has 1 saturated heterocycles. The molecule has 0 spiro atoms. The Morgan fingerprint density at radius 3 is 2.72 bits per heavy atom. The van der Waals surface area contributed by atoms with Crippen LogP contribution in [0.4, 0.5) is 5.82 Å². The summed E-state index contributed by atoms with van der Waals surface area (Å²) in [4.78, 5) is 19.0. The fraction of sp³-hybridized carbons (Fsp3) is 0.500. The van der Waals surface area contributed by atoms with Gasteiger partial charge in [-0.2, -0.15) is 5.10 Å². The third-order valence-corrected chi connectivity index (χ3v) is 4.32. The molecule has 7 nitrogen and oxygen atoms in total. The van der Waals surface area contributed by atoms with Crippen LogP contribution < -0.4 is 10.2 Å². The Kier molecular flexibility index (Phi) is 5.33. The first kappa shape index (κ1) is 17.4. The van der Waals surface area contributed by atoms with Crippen molar-refractivity contribution in [3.63, 3.8) is 0 Å². The molecule has 3 rings (SSSR count). The van der Waals surface area contributed by atoms with Crippen LogP contribution in [0.25, 0.3) is 0 Å². The van der Waals surface area contributed by atoms with Crippen molar-refractivity contribution < 1.29 is 9.53 Å². The number of ether oxygens (including phenoxy) is 1. The highest BCUT2D eigenvalue weighted by molar-refractivity contribution is 5.79. The Balaban J connectivity index is 1.55. The number of amides is 1. The lowest BCUT2D eigenvalue weighted by Gasteiger charge is -2.36. The summed E-state index contributed by atoms with van der Waals surface area (Å²) in [6.07, 6.45) is 5.67. The van der Waals surface area contributed by atoms with Gasteiger partial charge in [-0.25, -0.2) is 4.98 Å². The highest BCUT2D eigenvalue weighted by atomic mass is 16.5. The summed E-state index contributed by atoms with van der Waals surface area (Å²) in [7, 11) is 0. The second-order valence-corrected chi connectivity index (χ2v) is 6.57. The van der Waals surface area contributed by atoms with Crippen LogP contribution in [0.15, 0.2) is 36.8 Å². The number of carbonyl (C=O) groups excluding carboxylic acids is 1. The molecule has 1 amide bonds. The molecule has 0 aliphatic carbocycles. The van der Waals surface area contributed by atoms with Gasteiger partial charge in [-0.15, -0.1) is 0 Å². The van der Waals surface area contributed by atoms with Crippen molar-refractivity contribution >= 4 is 11.7 Å². The van der Waals surface area contributed by atoms with Gasteiger partial charge in [-0.1, -0.05) is 6.07 Å². The summed E-state index contributed by atoms with van der Waals surface area (Å²) in [6, 6.07) is 5.48. The molecule has 0 saturated carbocycles. The minimum Gasteiger partial charge on any atom is -0.372 e. The van der Waals surface area contributed by atoms with Crippen molar-refractivity contribution in [2.75, 3.05) is 18.0 Å². The number of aromatic nitrogens is 3. The van der Waals surface area contributed by atoms with Crippen LogP contribution in [0.2, 0.25) is 0 Å². The van der Waals surface area contributed by atoms with Gasteiger partial charge in [0.2, 0.25) is 5.91 Å². The van der Waals surface area contributed by atoms with E-state index in [4.69, 9.17) is 4.74 Å². The predicted molar refractivity (Wildman–Crippen MR) is 95.2 cm³/mol. The van der Waals surface area contributed by atoms with E-state index in [0.717, 1.165) is 24.5 Å². The average molecular weight is 343 g/mol. The number of nitrogens with one attached hydrogen (secondary N) is 1. The van der Waals surface area contributed by atoms with Crippen LogP contribution in [-0.2, 0) is 16.1 Å². The molecule has 2 aromatic heterocycles. The molecule has 1 fully saturated rings. The van der Waals surface area contributed by atoms with Crippen LogP contribution in [0.5, 0.6) is 0 Å². The molecule has 134 valence electrons. The van der Waals surface area contributed by atoms with Gasteiger partial charge < -0.3 is 15.0 Å². The van der Waals surface area contributed by atoms with Gasteiger partial charge in [0.15, 0.2) is 0 Å². The number of nitrogens with zero attached hydrogens (tertiary/aromatic N) is 4. The van der Waals surface area contributed by atoms with E-state index in [1.54, 1.807) is 23.1 Å². The zero-order chi connectivity index (χ0) is 17.8. The van der Waals surface area contributed by atoms with E-state index in [9.17, 15) is 4.79 Å². The minimum atomic E-state index is -0.335. The maximum Gasteiger partial charge on any atom is 0.244 e. The van der Waals surface area contributed by atoms with Crippen molar-refractivity contribution in [3.8, 4) is 0 Å². The largest absolute Gasteiger partial charge is 0.372 e. The fourth-order valence-corrected chi connectivity index (χ4v) is 3.04. The first-order valence-corrected chi connectivity index (χ1v) is 8.65. The Labute approximate surface area is 148 Å². The van der Waals surface area contributed by atoms with Gasteiger partial charge in [0.25, 0.3) is 0 Å². The van der Waals surface area contributed by atoms with Crippen molar-refractivity contribution in [3.05, 3.63) is 42.4 Å². The third kappa shape index (κ3) is 4.36. The summed E-state index contributed by atoms with van der Waals surface area (Å²) in [6.45, 7) is 8.11. The molecular weight excluding hydrogens is 318 g/mol. The number of pyridine rings is 1. The number of rotatable bonds is 5. The Bertz CT molecular complexity index is 676. The molecule has 3 unspecified atom stereocenters. The van der Waals surface area contributed by atoms with Crippen molar-refractivity contribution in [1.82, 2.24) is 20.1 Å². The smallest absolute Gasteiger partial charge is 0.244 e. The van der Waals surface area contributed by atoms with Crippen LogP contribution in [0.3, 0.4) is 0 Å². The fourth-order valence-electron chi connectivity index (χ4n) is 3.04. The number of carbonyl (C=O) groups is 1. The molecular formula is C18H25N5O2.